The van der Waals surface area contributed by atoms with Crippen LogP contribution >= 0.6 is 0 Å². The molecule has 0 saturated carbocycles. The molecule has 0 aromatic rings. The minimum atomic E-state index is 0.109. The highest BCUT2D eigenvalue weighted by atomic mass is 16.6. The fourth-order valence-corrected chi connectivity index (χ4v) is 3.18. The molecule has 2 heterocycles. The molecule has 0 bridgehead atoms. The minimum Gasteiger partial charge on any atom is -0.366 e. The molecule has 1 aliphatic carbocycles. The number of allylic oxidation sites excluding steroid dienone is 1. The molecule has 0 N–H and O–H groups in total. The van der Waals surface area contributed by atoms with Gasteiger partial charge in [0.1, 0.15) is 0 Å². The van der Waals surface area contributed by atoms with Gasteiger partial charge in [-0.05, 0) is 44.9 Å². The highest BCUT2D eigenvalue weighted by molar-refractivity contribution is 5.12. The van der Waals surface area contributed by atoms with Crippen LogP contribution in [-0.2, 0) is 9.47 Å². The summed E-state index contributed by atoms with van der Waals surface area (Å²) in [6.45, 7) is 9.10. The number of hydrogen-bond donors (Lipinski definition) is 0. The second-order valence-electron chi connectivity index (χ2n) is 7.18. The van der Waals surface area contributed by atoms with Crippen LogP contribution in [0.3, 0.4) is 0 Å². The van der Waals surface area contributed by atoms with Gasteiger partial charge in [0.05, 0.1) is 23.4 Å². The molecule has 2 fully saturated rings. The van der Waals surface area contributed by atoms with Crippen LogP contribution in [0.25, 0.3) is 0 Å². The quantitative estimate of drug-likeness (QED) is 0.475. The van der Waals surface area contributed by atoms with Crippen molar-refractivity contribution in [3.63, 3.8) is 0 Å². The van der Waals surface area contributed by atoms with Crippen LogP contribution < -0.4 is 0 Å². The second kappa shape index (κ2) is 3.36. The predicted molar refractivity (Wildman–Crippen MR) is 67.9 cm³/mol. The molecule has 0 unspecified atom stereocenters. The Labute approximate surface area is 104 Å². The number of ether oxygens (including phenoxy) is 2. The zero-order valence-electron chi connectivity index (χ0n) is 11.5. The molecule has 0 amide bonds. The van der Waals surface area contributed by atoms with Crippen LogP contribution in [0.5, 0.6) is 0 Å². The Balaban J connectivity index is 1.77. The molecular weight excluding hydrogens is 212 g/mol. The summed E-state index contributed by atoms with van der Waals surface area (Å²) < 4.78 is 11.8. The maximum atomic E-state index is 5.92. The first-order valence-electron chi connectivity index (χ1n) is 6.86. The number of epoxide rings is 2. The molecule has 4 atom stereocenters. The summed E-state index contributed by atoms with van der Waals surface area (Å²) in [5, 5.41) is 0. The van der Waals surface area contributed by atoms with E-state index in [1.807, 2.05) is 0 Å². The maximum absolute atomic E-state index is 5.92. The first kappa shape index (κ1) is 11.7. The van der Waals surface area contributed by atoms with Gasteiger partial charge in [0.25, 0.3) is 0 Å². The molecule has 2 aliphatic heterocycles. The van der Waals surface area contributed by atoms with E-state index in [4.69, 9.17) is 9.47 Å². The largest absolute Gasteiger partial charge is 0.366 e. The zero-order valence-corrected chi connectivity index (χ0v) is 11.5. The highest BCUT2D eigenvalue weighted by Gasteiger charge is 2.57. The van der Waals surface area contributed by atoms with E-state index in [1.54, 1.807) is 0 Å². The van der Waals surface area contributed by atoms with Gasteiger partial charge in [-0.3, -0.25) is 0 Å². The van der Waals surface area contributed by atoms with Crippen LogP contribution in [0, 0.1) is 5.41 Å². The highest BCUT2D eigenvalue weighted by Crippen LogP contribution is 2.51. The standard InChI is InChI=1S/C15H24O2/c1-13(2)7-5-8-14(3)11(16-14)6-9-15(4)12(10-13)17-15/h5,7,11-12H,6,8-10H2,1-4H3/t11-,12+,14-,15+/m1/s1. The van der Waals surface area contributed by atoms with Gasteiger partial charge in [0, 0.05) is 0 Å². The fraction of sp³-hybridized carbons (Fsp3) is 0.867. The Morgan fingerprint density at radius 2 is 1.71 bits per heavy atom. The number of hydrogen-bond acceptors (Lipinski definition) is 2. The molecule has 0 aromatic heterocycles. The lowest BCUT2D eigenvalue weighted by Gasteiger charge is -2.19. The molecule has 3 rings (SSSR count). The normalized spacial score (nSPS) is 52.0. The summed E-state index contributed by atoms with van der Waals surface area (Å²) in [6, 6.07) is 0. The zero-order chi connectivity index (χ0) is 12.3. The third-order valence-corrected chi connectivity index (χ3v) is 4.78. The summed E-state index contributed by atoms with van der Waals surface area (Å²) in [7, 11) is 0. The Morgan fingerprint density at radius 3 is 2.47 bits per heavy atom. The van der Waals surface area contributed by atoms with Crippen molar-refractivity contribution in [3.8, 4) is 0 Å². The third-order valence-electron chi connectivity index (χ3n) is 4.78. The van der Waals surface area contributed by atoms with Gasteiger partial charge in [-0.25, -0.2) is 0 Å². The molecule has 0 radical (unpaired) electrons. The molecular formula is C15H24O2. The molecule has 3 aliphatic rings. The molecule has 0 spiro atoms. The van der Waals surface area contributed by atoms with Gasteiger partial charge < -0.3 is 9.47 Å². The van der Waals surface area contributed by atoms with Gasteiger partial charge in [0.15, 0.2) is 0 Å². The topological polar surface area (TPSA) is 25.1 Å². The number of rotatable bonds is 0. The maximum Gasteiger partial charge on any atom is 0.0954 e. The van der Waals surface area contributed by atoms with Crippen molar-refractivity contribution in [1.82, 2.24) is 0 Å². The van der Waals surface area contributed by atoms with Crippen molar-refractivity contribution in [2.45, 2.75) is 76.8 Å². The lowest BCUT2D eigenvalue weighted by atomic mass is 9.84. The average molecular weight is 236 g/mol. The molecule has 17 heavy (non-hydrogen) atoms. The lowest BCUT2D eigenvalue weighted by Crippen LogP contribution is -2.17. The second-order valence-corrected chi connectivity index (χ2v) is 7.18. The summed E-state index contributed by atoms with van der Waals surface area (Å²) in [5.74, 6) is 0. The van der Waals surface area contributed by atoms with E-state index in [9.17, 15) is 0 Å². The predicted octanol–water partition coefficient (Wildman–Crippen LogP) is 3.46. The van der Waals surface area contributed by atoms with E-state index in [1.165, 1.54) is 0 Å². The van der Waals surface area contributed by atoms with Crippen LogP contribution in [0.15, 0.2) is 12.2 Å². The van der Waals surface area contributed by atoms with E-state index in [0.717, 1.165) is 25.7 Å². The lowest BCUT2D eigenvalue weighted by molar-refractivity contribution is 0.267. The van der Waals surface area contributed by atoms with Crippen molar-refractivity contribution >= 4 is 0 Å². The van der Waals surface area contributed by atoms with E-state index < -0.39 is 0 Å². The summed E-state index contributed by atoms with van der Waals surface area (Å²) in [6.07, 6.45) is 10.1. The Bertz CT molecular complexity index is 360. The summed E-state index contributed by atoms with van der Waals surface area (Å²) in [5.41, 5.74) is 0.480. The molecule has 96 valence electrons. The van der Waals surface area contributed by atoms with Crippen LogP contribution in [-0.4, -0.2) is 23.4 Å². The van der Waals surface area contributed by atoms with E-state index in [2.05, 4.69) is 39.8 Å². The van der Waals surface area contributed by atoms with Crippen molar-refractivity contribution in [3.05, 3.63) is 12.2 Å². The Kier molecular flexibility index (Phi) is 2.32. The minimum absolute atomic E-state index is 0.109. The van der Waals surface area contributed by atoms with Crippen molar-refractivity contribution in [1.29, 1.82) is 0 Å². The molecule has 2 heteroatoms. The van der Waals surface area contributed by atoms with E-state index in [0.29, 0.717) is 12.2 Å². The summed E-state index contributed by atoms with van der Waals surface area (Å²) in [4.78, 5) is 0. The first-order chi connectivity index (χ1) is 7.83. The molecule has 2 saturated heterocycles. The van der Waals surface area contributed by atoms with Gasteiger partial charge in [0.2, 0.25) is 0 Å². The van der Waals surface area contributed by atoms with Gasteiger partial charge in [-0.15, -0.1) is 0 Å². The smallest absolute Gasteiger partial charge is 0.0954 e. The summed E-state index contributed by atoms with van der Waals surface area (Å²) >= 11 is 0. The molecule has 0 aromatic carbocycles. The average Bonchev–Trinajstić information content (AvgIpc) is 3.01. The van der Waals surface area contributed by atoms with Gasteiger partial charge >= 0.3 is 0 Å². The first-order valence-corrected chi connectivity index (χ1v) is 6.86. The van der Waals surface area contributed by atoms with Crippen LogP contribution in [0.1, 0.15) is 53.4 Å². The van der Waals surface area contributed by atoms with Gasteiger partial charge in [-0.1, -0.05) is 26.0 Å². The Hall–Kier alpha value is -0.340. The van der Waals surface area contributed by atoms with Gasteiger partial charge in [-0.2, -0.15) is 0 Å². The monoisotopic (exact) mass is 236 g/mol. The van der Waals surface area contributed by atoms with Crippen molar-refractivity contribution in [2.24, 2.45) is 5.41 Å². The van der Waals surface area contributed by atoms with Crippen molar-refractivity contribution in [2.75, 3.05) is 0 Å². The number of fused-ring (bicyclic) bond motifs is 2. The third kappa shape index (κ3) is 2.17. The fourth-order valence-electron chi connectivity index (χ4n) is 3.18. The van der Waals surface area contributed by atoms with E-state index in [-0.39, 0.29) is 16.6 Å². The molecule has 2 nitrogen and oxygen atoms in total. The van der Waals surface area contributed by atoms with Crippen LogP contribution in [0.2, 0.25) is 0 Å². The van der Waals surface area contributed by atoms with Crippen molar-refractivity contribution < 1.29 is 9.47 Å². The Morgan fingerprint density at radius 1 is 1.00 bits per heavy atom. The van der Waals surface area contributed by atoms with E-state index >= 15 is 0 Å². The van der Waals surface area contributed by atoms with Crippen LogP contribution in [0.4, 0.5) is 0 Å². The SMILES string of the molecule is CC1(C)C=CC[C@@]2(C)O[C@@H]2CC[C@]2(C)O[C@H]2C1.